The topological polar surface area (TPSA) is 38.0 Å². The molecule has 1 saturated heterocycles. The van der Waals surface area contributed by atoms with E-state index in [1.165, 1.54) is 23.1 Å². The third kappa shape index (κ3) is 2.62. The fourth-order valence-electron chi connectivity index (χ4n) is 3.22. The van der Waals surface area contributed by atoms with Crippen LogP contribution in [-0.4, -0.2) is 13.1 Å². The molecule has 1 heterocycles. The van der Waals surface area contributed by atoms with E-state index in [9.17, 15) is 0 Å². The van der Waals surface area contributed by atoms with Gasteiger partial charge in [-0.3, -0.25) is 0 Å². The van der Waals surface area contributed by atoms with Crippen molar-refractivity contribution < 1.29 is 0 Å². The summed E-state index contributed by atoms with van der Waals surface area (Å²) < 4.78 is 0. The van der Waals surface area contributed by atoms with E-state index in [0.29, 0.717) is 6.54 Å². The molecule has 0 aliphatic carbocycles. The number of benzene rings is 2. The lowest BCUT2D eigenvalue weighted by Crippen LogP contribution is -2.31. The van der Waals surface area contributed by atoms with E-state index in [0.717, 1.165) is 19.5 Å². The third-order valence-electron chi connectivity index (χ3n) is 4.43. The highest BCUT2D eigenvalue weighted by Crippen LogP contribution is 2.34. The van der Waals surface area contributed by atoms with Gasteiger partial charge in [0, 0.05) is 18.5 Å². The second kappa shape index (κ2) is 5.78. The highest BCUT2D eigenvalue weighted by Gasteiger charge is 2.35. The first-order chi connectivity index (χ1) is 9.82. The van der Waals surface area contributed by atoms with Crippen LogP contribution in [0.2, 0.25) is 0 Å². The van der Waals surface area contributed by atoms with Crippen molar-refractivity contribution in [3.63, 3.8) is 0 Å². The maximum Gasteiger partial charge on any atom is 0.0178 e. The molecule has 1 aliphatic heterocycles. The molecular formula is C18H22N2. The highest BCUT2D eigenvalue weighted by atomic mass is 14.9. The Bertz CT molecular complexity index is 539. The summed E-state index contributed by atoms with van der Waals surface area (Å²) in [7, 11) is 0. The summed E-state index contributed by atoms with van der Waals surface area (Å²) in [5, 5.41) is 3.54. The molecule has 2 nitrogen and oxygen atoms in total. The van der Waals surface area contributed by atoms with Gasteiger partial charge in [-0.1, -0.05) is 54.6 Å². The van der Waals surface area contributed by atoms with Gasteiger partial charge in [0.1, 0.15) is 0 Å². The molecule has 2 heteroatoms. The highest BCUT2D eigenvalue weighted by molar-refractivity contribution is 5.33. The van der Waals surface area contributed by atoms with Gasteiger partial charge < -0.3 is 11.1 Å². The molecule has 0 saturated carbocycles. The lowest BCUT2D eigenvalue weighted by molar-refractivity contribution is 0.467. The van der Waals surface area contributed by atoms with E-state index >= 15 is 0 Å². The zero-order valence-corrected chi connectivity index (χ0v) is 11.8. The molecule has 3 rings (SSSR count). The molecule has 1 unspecified atom stereocenters. The summed E-state index contributed by atoms with van der Waals surface area (Å²) in [6.07, 6.45) is 2.30. The summed E-state index contributed by atoms with van der Waals surface area (Å²) in [5.41, 5.74) is 9.98. The van der Waals surface area contributed by atoms with Crippen LogP contribution in [0.25, 0.3) is 0 Å². The number of nitrogens with two attached hydrogens (primary N) is 1. The van der Waals surface area contributed by atoms with E-state index in [1.54, 1.807) is 0 Å². The molecule has 1 fully saturated rings. The third-order valence-corrected chi connectivity index (χ3v) is 4.43. The molecule has 0 spiro atoms. The lowest BCUT2D eigenvalue weighted by Gasteiger charge is -2.29. The molecule has 1 aliphatic rings. The van der Waals surface area contributed by atoms with Crippen molar-refractivity contribution in [1.82, 2.24) is 5.32 Å². The van der Waals surface area contributed by atoms with Crippen molar-refractivity contribution in [3.8, 4) is 0 Å². The minimum absolute atomic E-state index is 0.231. The van der Waals surface area contributed by atoms with Gasteiger partial charge >= 0.3 is 0 Å². The molecule has 0 aromatic heterocycles. The number of hydrogen-bond donors (Lipinski definition) is 2. The van der Waals surface area contributed by atoms with E-state index in [-0.39, 0.29) is 5.41 Å². The van der Waals surface area contributed by atoms with Crippen molar-refractivity contribution in [2.24, 2.45) is 5.73 Å². The van der Waals surface area contributed by atoms with Crippen molar-refractivity contribution in [2.45, 2.75) is 24.8 Å². The van der Waals surface area contributed by atoms with Gasteiger partial charge in [0.15, 0.2) is 0 Å². The first-order valence-corrected chi connectivity index (χ1v) is 7.37. The Morgan fingerprint density at radius 1 is 0.950 bits per heavy atom. The van der Waals surface area contributed by atoms with E-state index in [2.05, 4.69) is 59.9 Å². The first kappa shape index (κ1) is 13.3. The Morgan fingerprint density at radius 3 is 2.30 bits per heavy atom. The fraction of sp³-hybridized carbons (Fsp3) is 0.333. The monoisotopic (exact) mass is 266 g/mol. The molecule has 1 atom stereocenters. The number of rotatable bonds is 4. The van der Waals surface area contributed by atoms with Crippen LogP contribution < -0.4 is 11.1 Å². The predicted molar refractivity (Wildman–Crippen MR) is 83.6 cm³/mol. The SMILES string of the molecule is NCc1ccc(C2(Cc3ccccc3)CCNC2)cc1. The fourth-order valence-corrected chi connectivity index (χ4v) is 3.22. The lowest BCUT2D eigenvalue weighted by atomic mass is 9.75. The Balaban J connectivity index is 1.90. The first-order valence-electron chi connectivity index (χ1n) is 7.37. The van der Waals surface area contributed by atoms with Gasteiger partial charge in [-0.05, 0) is 36.1 Å². The minimum atomic E-state index is 0.231. The van der Waals surface area contributed by atoms with Gasteiger partial charge in [0.05, 0.1) is 0 Å². The van der Waals surface area contributed by atoms with Crippen molar-refractivity contribution >= 4 is 0 Å². The van der Waals surface area contributed by atoms with E-state index in [1.807, 2.05) is 0 Å². The summed E-state index contributed by atoms with van der Waals surface area (Å²) >= 11 is 0. The zero-order valence-electron chi connectivity index (χ0n) is 11.8. The van der Waals surface area contributed by atoms with Gasteiger partial charge in [-0.15, -0.1) is 0 Å². The standard InChI is InChI=1S/C18H22N2/c19-13-16-6-8-17(9-7-16)18(10-11-20-14-18)12-15-4-2-1-3-5-15/h1-9,20H,10-14,19H2. The molecule has 0 bridgehead atoms. The predicted octanol–water partition coefficient (Wildman–Crippen LogP) is 2.62. The summed E-state index contributed by atoms with van der Waals surface area (Å²) in [5.74, 6) is 0. The molecule has 2 aromatic carbocycles. The van der Waals surface area contributed by atoms with E-state index < -0.39 is 0 Å². The second-order valence-corrected chi connectivity index (χ2v) is 5.77. The van der Waals surface area contributed by atoms with Crippen LogP contribution in [0.4, 0.5) is 0 Å². The van der Waals surface area contributed by atoms with Crippen molar-refractivity contribution in [3.05, 3.63) is 71.3 Å². The average Bonchev–Trinajstić information content (AvgIpc) is 2.98. The minimum Gasteiger partial charge on any atom is -0.326 e. The maximum atomic E-state index is 5.70. The van der Waals surface area contributed by atoms with Gasteiger partial charge in [-0.25, -0.2) is 0 Å². The zero-order chi connectivity index (χ0) is 13.8. The molecule has 0 radical (unpaired) electrons. The van der Waals surface area contributed by atoms with Crippen LogP contribution in [0.5, 0.6) is 0 Å². The van der Waals surface area contributed by atoms with Crippen LogP contribution >= 0.6 is 0 Å². The molecule has 3 N–H and O–H groups in total. The van der Waals surface area contributed by atoms with Gasteiger partial charge in [0.25, 0.3) is 0 Å². The maximum absolute atomic E-state index is 5.70. The average molecular weight is 266 g/mol. The number of hydrogen-bond acceptors (Lipinski definition) is 2. The molecule has 0 amide bonds. The van der Waals surface area contributed by atoms with Crippen LogP contribution in [0.3, 0.4) is 0 Å². The van der Waals surface area contributed by atoms with Crippen LogP contribution in [0, 0.1) is 0 Å². The van der Waals surface area contributed by atoms with Crippen LogP contribution in [0.15, 0.2) is 54.6 Å². The molecule has 2 aromatic rings. The summed E-state index contributed by atoms with van der Waals surface area (Å²) in [6, 6.07) is 19.7. The second-order valence-electron chi connectivity index (χ2n) is 5.77. The Labute approximate surface area is 121 Å². The van der Waals surface area contributed by atoms with Gasteiger partial charge in [-0.2, -0.15) is 0 Å². The quantitative estimate of drug-likeness (QED) is 0.893. The molecular weight excluding hydrogens is 244 g/mol. The van der Waals surface area contributed by atoms with Crippen LogP contribution in [0.1, 0.15) is 23.1 Å². The Hall–Kier alpha value is -1.64. The normalized spacial score (nSPS) is 22.1. The smallest absolute Gasteiger partial charge is 0.0178 e. The van der Waals surface area contributed by atoms with Gasteiger partial charge in [0.2, 0.25) is 0 Å². The van der Waals surface area contributed by atoms with E-state index in [4.69, 9.17) is 5.73 Å². The molecule has 104 valence electrons. The van der Waals surface area contributed by atoms with Crippen molar-refractivity contribution in [1.29, 1.82) is 0 Å². The largest absolute Gasteiger partial charge is 0.326 e. The van der Waals surface area contributed by atoms with Crippen LogP contribution in [-0.2, 0) is 18.4 Å². The van der Waals surface area contributed by atoms with Crippen molar-refractivity contribution in [2.75, 3.05) is 13.1 Å². The summed E-state index contributed by atoms with van der Waals surface area (Å²) in [6.45, 7) is 2.78. The number of nitrogens with one attached hydrogen (secondary N) is 1. The Morgan fingerprint density at radius 2 is 1.70 bits per heavy atom. The molecule has 20 heavy (non-hydrogen) atoms. The Kier molecular flexibility index (Phi) is 3.86. The summed E-state index contributed by atoms with van der Waals surface area (Å²) in [4.78, 5) is 0.